The number of fused-ring (bicyclic) bond motifs is 1. The van der Waals surface area contributed by atoms with Crippen molar-refractivity contribution >= 4 is 60.6 Å². The Morgan fingerprint density at radius 3 is 2.60 bits per heavy atom. The first-order valence-corrected chi connectivity index (χ1v) is 16.9. The zero-order valence-electron chi connectivity index (χ0n) is 27.3. The SMILES string of the molecule is CC(Oc1nc2c3c(c(Cl)c(-c4ccc(F)c5sc(N)c(C#N)c45)c(F)c3n1)OCCN2[C@H](C)c1cccnc1N)C1CCCN1C.FCF. The molecule has 50 heavy (non-hydrogen) atoms. The molecule has 5 aromatic rings. The average molecular weight is 729 g/mol. The summed E-state index contributed by atoms with van der Waals surface area (Å²) in [5.74, 6) is -0.508. The molecule has 0 aliphatic carbocycles. The number of pyridine rings is 1. The summed E-state index contributed by atoms with van der Waals surface area (Å²) in [5, 5.41) is 10.4. The molecule has 0 amide bonds. The molecule has 1 saturated heterocycles. The number of nitrogens with two attached hydrogens (primary N) is 2. The topological polar surface area (TPSA) is 139 Å². The molecule has 0 bridgehead atoms. The Morgan fingerprint density at radius 1 is 1.16 bits per heavy atom. The number of anilines is 3. The standard InChI is InChI=1S/C33H31ClF2N8O2S.CH2F2/c1-15(17-6-4-10-40-30(17)38)44-12-13-45-28-24-27(41-33(42-32(24)44)46-16(2)21-7-5-11-43(21)3)26(36)23(25(28)34)18-8-9-20(35)29-22(18)19(14-37)31(39)47-29;2-1-3/h4,6,8-10,15-16,21H,5,7,11-13,39H2,1-3H3,(H2,38,40);1H2/t15-,16?,21?;/m1./s1. The van der Waals surface area contributed by atoms with E-state index < -0.39 is 18.6 Å². The molecule has 3 atom stereocenters. The molecule has 7 rings (SSSR count). The van der Waals surface area contributed by atoms with Gasteiger partial charge < -0.3 is 25.8 Å². The minimum atomic E-state index is -1.75. The second-order valence-electron chi connectivity index (χ2n) is 11.9. The summed E-state index contributed by atoms with van der Waals surface area (Å²) in [6, 6.07) is 8.07. The molecule has 2 unspecified atom stereocenters. The van der Waals surface area contributed by atoms with Crippen molar-refractivity contribution in [2.45, 2.75) is 44.9 Å². The van der Waals surface area contributed by atoms with Crippen molar-refractivity contribution in [3.05, 3.63) is 58.2 Å². The molecular formula is C34H33ClF4N8O2S. The van der Waals surface area contributed by atoms with Gasteiger partial charge in [0, 0.05) is 28.8 Å². The van der Waals surface area contributed by atoms with E-state index in [9.17, 15) is 18.4 Å². The summed E-state index contributed by atoms with van der Waals surface area (Å²) < 4.78 is 64.2. The summed E-state index contributed by atoms with van der Waals surface area (Å²) in [6.07, 6.45) is 3.30. The predicted molar refractivity (Wildman–Crippen MR) is 187 cm³/mol. The lowest BCUT2D eigenvalue weighted by Crippen LogP contribution is -2.38. The lowest BCUT2D eigenvalue weighted by molar-refractivity contribution is 0.112. The Bertz CT molecular complexity index is 2130. The Labute approximate surface area is 294 Å². The molecule has 2 aliphatic rings. The average Bonchev–Trinajstić information content (AvgIpc) is 3.62. The summed E-state index contributed by atoms with van der Waals surface area (Å²) >= 11 is 7.95. The lowest BCUT2D eigenvalue weighted by atomic mass is 9.96. The number of hydrogen-bond acceptors (Lipinski definition) is 11. The van der Waals surface area contributed by atoms with Crippen molar-refractivity contribution in [1.82, 2.24) is 19.9 Å². The van der Waals surface area contributed by atoms with Crippen molar-refractivity contribution in [1.29, 1.82) is 5.26 Å². The molecule has 1 fully saturated rings. The van der Waals surface area contributed by atoms with E-state index in [1.165, 1.54) is 12.1 Å². The Balaban J connectivity index is 0.00000139. The van der Waals surface area contributed by atoms with Crippen LogP contribution in [0.15, 0.2) is 30.5 Å². The van der Waals surface area contributed by atoms with E-state index in [1.807, 2.05) is 37.9 Å². The van der Waals surface area contributed by atoms with Gasteiger partial charge in [0.05, 0.1) is 33.3 Å². The van der Waals surface area contributed by atoms with Crippen LogP contribution in [0.2, 0.25) is 5.02 Å². The third-order valence-corrected chi connectivity index (χ3v) is 10.6. The third-order valence-electron chi connectivity index (χ3n) is 9.19. The molecule has 2 aromatic carbocycles. The van der Waals surface area contributed by atoms with E-state index in [-0.39, 0.29) is 84.3 Å². The maximum Gasteiger partial charge on any atom is 0.319 e. The van der Waals surface area contributed by atoms with E-state index >= 15 is 4.39 Å². The van der Waals surface area contributed by atoms with E-state index in [4.69, 9.17) is 37.5 Å². The number of alkyl halides is 2. The van der Waals surface area contributed by atoms with Gasteiger partial charge in [-0.15, -0.1) is 11.3 Å². The van der Waals surface area contributed by atoms with E-state index in [2.05, 4.69) is 14.9 Å². The van der Waals surface area contributed by atoms with Crippen LogP contribution in [0.3, 0.4) is 0 Å². The Hall–Kier alpha value is -4.65. The first kappa shape index (κ1) is 35.2. The number of nitrogen functional groups attached to an aromatic ring is 2. The Kier molecular flexibility index (Phi) is 10.1. The summed E-state index contributed by atoms with van der Waals surface area (Å²) in [5.41, 5.74) is 13.2. The first-order chi connectivity index (χ1) is 24.0. The van der Waals surface area contributed by atoms with Gasteiger partial charge in [0.2, 0.25) is 6.93 Å². The zero-order chi connectivity index (χ0) is 35.9. The van der Waals surface area contributed by atoms with Crippen molar-refractivity contribution in [3.8, 4) is 29.0 Å². The van der Waals surface area contributed by atoms with E-state index in [1.54, 1.807) is 12.3 Å². The number of likely N-dealkylation sites (tertiary alicyclic amines) is 1. The van der Waals surface area contributed by atoms with Crippen LogP contribution < -0.4 is 25.8 Å². The number of ether oxygens (including phenoxy) is 2. The van der Waals surface area contributed by atoms with Crippen LogP contribution in [0.4, 0.5) is 34.2 Å². The smallest absolute Gasteiger partial charge is 0.319 e. The van der Waals surface area contributed by atoms with Crippen molar-refractivity contribution in [3.63, 3.8) is 0 Å². The fraction of sp³-hybridized carbons (Fsp3) is 0.353. The minimum Gasteiger partial charge on any atom is -0.489 e. The van der Waals surface area contributed by atoms with Gasteiger partial charge >= 0.3 is 6.01 Å². The molecule has 2 aliphatic heterocycles. The molecule has 10 nitrogen and oxygen atoms in total. The van der Waals surface area contributed by atoms with Gasteiger partial charge in [-0.3, -0.25) is 4.90 Å². The third kappa shape index (κ3) is 6.05. The monoisotopic (exact) mass is 728 g/mol. The zero-order valence-corrected chi connectivity index (χ0v) is 28.9. The fourth-order valence-corrected chi connectivity index (χ4v) is 8.11. The molecule has 0 spiro atoms. The molecule has 0 radical (unpaired) electrons. The van der Waals surface area contributed by atoms with E-state index in [0.29, 0.717) is 18.2 Å². The van der Waals surface area contributed by atoms with Crippen LogP contribution in [-0.2, 0) is 0 Å². The number of aromatic nitrogens is 3. The number of halogens is 5. The highest BCUT2D eigenvalue weighted by atomic mass is 35.5. The molecule has 3 aromatic heterocycles. The second-order valence-corrected chi connectivity index (χ2v) is 13.4. The van der Waals surface area contributed by atoms with Gasteiger partial charge in [0.15, 0.2) is 11.6 Å². The fourth-order valence-electron chi connectivity index (χ4n) is 6.83. The number of hydrogen-bond donors (Lipinski definition) is 2. The number of benzene rings is 2. The maximum absolute atomic E-state index is 17.2. The highest BCUT2D eigenvalue weighted by molar-refractivity contribution is 7.23. The number of nitrogens with zero attached hydrogens (tertiary/aromatic N) is 6. The molecule has 16 heteroatoms. The van der Waals surface area contributed by atoms with Gasteiger partial charge in [-0.05, 0) is 58.0 Å². The summed E-state index contributed by atoms with van der Waals surface area (Å²) in [6.45, 7) is 3.60. The highest BCUT2D eigenvalue weighted by Crippen LogP contribution is 2.51. The second kappa shape index (κ2) is 14.3. The number of nitriles is 1. The summed E-state index contributed by atoms with van der Waals surface area (Å²) in [4.78, 5) is 17.9. The molecule has 0 saturated carbocycles. The van der Waals surface area contributed by atoms with Gasteiger partial charge in [-0.1, -0.05) is 23.7 Å². The Morgan fingerprint density at radius 2 is 1.92 bits per heavy atom. The predicted octanol–water partition coefficient (Wildman–Crippen LogP) is 7.58. The quantitative estimate of drug-likeness (QED) is 0.168. The van der Waals surface area contributed by atoms with Crippen LogP contribution in [0.1, 0.15) is 43.9 Å². The van der Waals surface area contributed by atoms with Crippen molar-refractivity contribution in [2.75, 3.05) is 50.0 Å². The number of likely N-dealkylation sites (N-methyl/N-ethyl adjacent to an activating group) is 1. The van der Waals surface area contributed by atoms with Crippen LogP contribution in [0.5, 0.6) is 11.8 Å². The number of rotatable bonds is 6. The van der Waals surface area contributed by atoms with E-state index in [0.717, 1.165) is 36.3 Å². The van der Waals surface area contributed by atoms with Crippen LogP contribution in [0, 0.1) is 23.0 Å². The van der Waals surface area contributed by atoms with Gasteiger partial charge in [0.1, 0.15) is 46.8 Å². The molecule has 5 heterocycles. The largest absolute Gasteiger partial charge is 0.489 e. The number of thiophene rings is 1. The van der Waals surface area contributed by atoms with Gasteiger partial charge in [-0.2, -0.15) is 15.2 Å². The van der Waals surface area contributed by atoms with Gasteiger partial charge in [0.25, 0.3) is 0 Å². The molecular weight excluding hydrogens is 696 g/mol. The van der Waals surface area contributed by atoms with Crippen molar-refractivity contribution in [2.24, 2.45) is 0 Å². The van der Waals surface area contributed by atoms with Gasteiger partial charge in [-0.25, -0.2) is 22.5 Å². The normalized spacial score (nSPS) is 17.1. The van der Waals surface area contributed by atoms with Crippen LogP contribution in [0.25, 0.3) is 32.1 Å². The minimum absolute atomic E-state index is 0.0153. The molecule has 4 N–H and O–H groups in total. The van der Waals surface area contributed by atoms with Crippen LogP contribution >= 0.6 is 22.9 Å². The molecule has 262 valence electrons. The van der Waals surface area contributed by atoms with Crippen molar-refractivity contribution < 1.29 is 27.0 Å². The maximum atomic E-state index is 17.2. The first-order valence-electron chi connectivity index (χ1n) is 15.7. The summed E-state index contributed by atoms with van der Waals surface area (Å²) in [7, 11) is 2.04. The lowest BCUT2D eigenvalue weighted by Gasteiger charge is -2.31. The van der Waals surface area contributed by atoms with Crippen LogP contribution in [-0.4, -0.2) is 65.7 Å². The highest BCUT2D eigenvalue weighted by Gasteiger charge is 2.35.